The van der Waals surface area contributed by atoms with Gasteiger partial charge in [-0.1, -0.05) is 33.3 Å². The number of anilines is 1. The fourth-order valence-corrected chi connectivity index (χ4v) is 3.30. The van der Waals surface area contributed by atoms with Crippen LogP contribution in [-0.4, -0.2) is 13.2 Å². The molecule has 1 N–H and O–H groups in total. The summed E-state index contributed by atoms with van der Waals surface area (Å²) in [6.45, 7) is 7.07. The van der Waals surface area contributed by atoms with Gasteiger partial charge in [0, 0.05) is 17.8 Å². The van der Waals surface area contributed by atoms with Crippen LogP contribution in [-0.2, 0) is 0 Å². The molecule has 0 amide bonds. The molecule has 3 atom stereocenters. The van der Waals surface area contributed by atoms with E-state index in [4.69, 9.17) is 4.74 Å². The SMILES string of the molecule is COc1cccc(N[C@H]2C[C@H](C)CC[C@@H]2C(C)C)c1. The normalized spacial score (nSPS) is 27.3. The summed E-state index contributed by atoms with van der Waals surface area (Å²) in [7, 11) is 1.72. The predicted octanol–water partition coefficient (Wildman–Crippen LogP) is 4.57. The molecule has 0 aromatic heterocycles. The van der Waals surface area contributed by atoms with E-state index in [0.29, 0.717) is 6.04 Å². The van der Waals surface area contributed by atoms with Crippen molar-refractivity contribution in [1.82, 2.24) is 0 Å². The van der Waals surface area contributed by atoms with Crippen LogP contribution in [0.15, 0.2) is 24.3 Å². The smallest absolute Gasteiger partial charge is 0.120 e. The molecule has 106 valence electrons. The first-order valence-corrected chi connectivity index (χ1v) is 7.50. The van der Waals surface area contributed by atoms with Gasteiger partial charge in [-0.15, -0.1) is 0 Å². The fourth-order valence-electron chi connectivity index (χ4n) is 3.30. The summed E-state index contributed by atoms with van der Waals surface area (Å²) in [6.07, 6.45) is 4.00. The van der Waals surface area contributed by atoms with Crippen molar-refractivity contribution in [3.63, 3.8) is 0 Å². The third kappa shape index (κ3) is 3.65. The Morgan fingerprint density at radius 2 is 2.05 bits per heavy atom. The van der Waals surface area contributed by atoms with Crippen molar-refractivity contribution < 1.29 is 4.74 Å². The molecule has 0 saturated heterocycles. The Morgan fingerprint density at radius 3 is 2.74 bits per heavy atom. The van der Waals surface area contributed by atoms with Gasteiger partial charge in [-0.3, -0.25) is 0 Å². The van der Waals surface area contributed by atoms with Gasteiger partial charge in [-0.2, -0.15) is 0 Å². The summed E-state index contributed by atoms with van der Waals surface area (Å²) >= 11 is 0. The molecule has 0 spiro atoms. The molecule has 1 aromatic rings. The van der Waals surface area contributed by atoms with E-state index < -0.39 is 0 Å². The number of hydrogen-bond acceptors (Lipinski definition) is 2. The zero-order valence-electron chi connectivity index (χ0n) is 12.6. The van der Waals surface area contributed by atoms with Crippen LogP contribution in [0.2, 0.25) is 0 Å². The molecule has 1 aliphatic carbocycles. The Bertz CT molecular complexity index is 402. The zero-order valence-corrected chi connectivity index (χ0v) is 12.6. The molecule has 0 bridgehead atoms. The van der Waals surface area contributed by atoms with Crippen molar-refractivity contribution in [2.24, 2.45) is 17.8 Å². The second kappa shape index (κ2) is 6.31. The minimum atomic E-state index is 0.593. The Morgan fingerprint density at radius 1 is 1.26 bits per heavy atom. The largest absolute Gasteiger partial charge is 0.497 e. The lowest BCUT2D eigenvalue weighted by Crippen LogP contribution is -2.37. The van der Waals surface area contributed by atoms with Crippen LogP contribution in [0.5, 0.6) is 5.75 Å². The number of ether oxygens (including phenoxy) is 1. The summed E-state index contributed by atoms with van der Waals surface area (Å²) < 4.78 is 5.30. The molecular weight excluding hydrogens is 234 g/mol. The molecule has 0 heterocycles. The molecule has 0 radical (unpaired) electrons. The van der Waals surface area contributed by atoms with E-state index >= 15 is 0 Å². The fraction of sp³-hybridized carbons (Fsp3) is 0.647. The first kappa shape index (κ1) is 14.2. The summed E-state index contributed by atoms with van der Waals surface area (Å²) in [5, 5.41) is 3.74. The van der Waals surface area contributed by atoms with Crippen LogP contribution in [0.4, 0.5) is 5.69 Å². The standard InChI is InChI=1S/C17H27NO/c1-12(2)16-9-8-13(3)10-17(16)18-14-6-5-7-15(11-14)19-4/h5-7,11-13,16-18H,8-10H2,1-4H3/t13-,16-,17+/m1/s1. The van der Waals surface area contributed by atoms with Crippen LogP contribution in [0, 0.1) is 17.8 Å². The van der Waals surface area contributed by atoms with Crippen molar-refractivity contribution >= 4 is 5.69 Å². The monoisotopic (exact) mass is 261 g/mol. The van der Waals surface area contributed by atoms with Crippen molar-refractivity contribution in [2.75, 3.05) is 12.4 Å². The summed E-state index contributed by atoms with van der Waals surface area (Å²) in [6, 6.07) is 8.87. The second-order valence-electron chi connectivity index (χ2n) is 6.31. The third-order valence-electron chi connectivity index (χ3n) is 4.44. The number of hydrogen-bond donors (Lipinski definition) is 1. The maximum atomic E-state index is 5.30. The lowest BCUT2D eigenvalue weighted by atomic mass is 9.74. The van der Waals surface area contributed by atoms with Gasteiger partial charge in [0.05, 0.1) is 7.11 Å². The maximum Gasteiger partial charge on any atom is 0.120 e. The minimum Gasteiger partial charge on any atom is -0.497 e. The van der Waals surface area contributed by atoms with Gasteiger partial charge >= 0.3 is 0 Å². The van der Waals surface area contributed by atoms with E-state index in [-0.39, 0.29) is 0 Å². The quantitative estimate of drug-likeness (QED) is 0.857. The van der Waals surface area contributed by atoms with Crippen molar-refractivity contribution in [3.05, 3.63) is 24.3 Å². The van der Waals surface area contributed by atoms with Gasteiger partial charge in [0.2, 0.25) is 0 Å². The Kier molecular flexibility index (Phi) is 4.73. The summed E-state index contributed by atoms with van der Waals surface area (Å²) in [4.78, 5) is 0. The first-order valence-electron chi connectivity index (χ1n) is 7.50. The first-order chi connectivity index (χ1) is 9.10. The highest BCUT2D eigenvalue weighted by atomic mass is 16.5. The highest BCUT2D eigenvalue weighted by Gasteiger charge is 2.30. The molecule has 0 unspecified atom stereocenters. The van der Waals surface area contributed by atoms with E-state index in [1.54, 1.807) is 7.11 Å². The van der Waals surface area contributed by atoms with Crippen LogP contribution in [0.1, 0.15) is 40.0 Å². The van der Waals surface area contributed by atoms with Crippen molar-refractivity contribution in [3.8, 4) is 5.75 Å². The Hall–Kier alpha value is -1.18. The number of rotatable bonds is 4. The van der Waals surface area contributed by atoms with Crippen molar-refractivity contribution in [2.45, 2.75) is 46.1 Å². The lowest BCUT2D eigenvalue weighted by molar-refractivity contribution is 0.212. The summed E-state index contributed by atoms with van der Waals surface area (Å²) in [5.74, 6) is 3.28. The second-order valence-corrected chi connectivity index (χ2v) is 6.31. The topological polar surface area (TPSA) is 21.3 Å². The molecule has 1 aromatic carbocycles. The molecule has 1 aliphatic rings. The van der Waals surface area contributed by atoms with Gasteiger partial charge in [0.25, 0.3) is 0 Å². The molecule has 19 heavy (non-hydrogen) atoms. The third-order valence-corrected chi connectivity index (χ3v) is 4.44. The van der Waals surface area contributed by atoms with Gasteiger partial charge in [-0.25, -0.2) is 0 Å². The number of methoxy groups -OCH3 is 1. The number of benzene rings is 1. The lowest BCUT2D eigenvalue weighted by Gasteiger charge is -2.38. The average molecular weight is 261 g/mol. The molecule has 1 saturated carbocycles. The molecule has 1 fully saturated rings. The van der Waals surface area contributed by atoms with E-state index in [1.807, 2.05) is 6.07 Å². The van der Waals surface area contributed by atoms with Gasteiger partial charge in [0.1, 0.15) is 5.75 Å². The van der Waals surface area contributed by atoms with Crippen LogP contribution in [0.25, 0.3) is 0 Å². The van der Waals surface area contributed by atoms with E-state index in [1.165, 1.54) is 24.9 Å². The van der Waals surface area contributed by atoms with Gasteiger partial charge < -0.3 is 10.1 Å². The van der Waals surface area contributed by atoms with Crippen molar-refractivity contribution in [1.29, 1.82) is 0 Å². The van der Waals surface area contributed by atoms with Crippen LogP contribution >= 0.6 is 0 Å². The highest BCUT2D eigenvalue weighted by Crippen LogP contribution is 2.35. The minimum absolute atomic E-state index is 0.593. The molecule has 2 nitrogen and oxygen atoms in total. The summed E-state index contributed by atoms with van der Waals surface area (Å²) in [5.41, 5.74) is 1.18. The highest BCUT2D eigenvalue weighted by molar-refractivity contribution is 5.49. The van der Waals surface area contributed by atoms with Gasteiger partial charge in [-0.05, 0) is 42.7 Å². The van der Waals surface area contributed by atoms with E-state index in [0.717, 1.165) is 23.5 Å². The molecular formula is C17H27NO. The van der Waals surface area contributed by atoms with Crippen LogP contribution in [0.3, 0.4) is 0 Å². The van der Waals surface area contributed by atoms with E-state index in [2.05, 4.69) is 44.3 Å². The number of nitrogens with one attached hydrogen (secondary N) is 1. The van der Waals surface area contributed by atoms with Gasteiger partial charge in [0.15, 0.2) is 0 Å². The van der Waals surface area contributed by atoms with Crippen LogP contribution < -0.4 is 10.1 Å². The molecule has 2 heteroatoms. The van der Waals surface area contributed by atoms with E-state index in [9.17, 15) is 0 Å². The molecule has 2 rings (SSSR count). The molecule has 0 aliphatic heterocycles. The Balaban J connectivity index is 2.09. The zero-order chi connectivity index (χ0) is 13.8. The maximum absolute atomic E-state index is 5.30. The predicted molar refractivity (Wildman–Crippen MR) is 81.7 cm³/mol. The average Bonchev–Trinajstić information content (AvgIpc) is 2.38. The Labute approximate surface area is 117 Å².